The average Bonchev–Trinajstić information content (AvgIpc) is 2.42. The molecule has 1 aliphatic rings. The van der Waals surface area contributed by atoms with Gasteiger partial charge >= 0.3 is 0 Å². The van der Waals surface area contributed by atoms with Gasteiger partial charge in [-0.05, 0) is 31.7 Å². The van der Waals surface area contributed by atoms with Crippen LogP contribution in [0, 0.1) is 0 Å². The number of hydrogen-bond acceptors (Lipinski definition) is 2. The molecule has 0 aliphatic carbocycles. The van der Waals surface area contributed by atoms with E-state index in [0.717, 1.165) is 13.0 Å². The molecule has 2 N–H and O–H groups in total. The van der Waals surface area contributed by atoms with Gasteiger partial charge in [-0.2, -0.15) is 0 Å². The molecule has 0 radical (unpaired) electrons. The van der Waals surface area contributed by atoms with Crippen molar-refractivity contribution >= 4 is 0 Å². The van der Waals surface area contributed by atoms with Gasteiger partial charge in [0.25, 0.3) is 0 Å². The Morgan fingerprint density at radius 2 is 2.00 bits per heavy atom. The lowest BCUT2D eigenvalue weighted by Crippen LogP contribution is -2.50. The Kier molecular flexibility index (Phi) is 4.79. The zero-order chi connectivity index (χ0) is 13.0. The molecule has 2 nitrogen and oxygen atoms in total. The summed E-state index contributed by atoms with van der Waals surface area (Å²) in [6.45, 7) is 5.42. The fourth-order valence-electron chi connectivity index (χ4n) is 3.40. The Bertz CT molecular complexity index is 349. The highest BCUT2D eigenvalue weighted by molar-refractivity contribution is 5.19. The van der Waals surface area contributed by atoms with Crippen molar-refractivity contribution in [1.82, 2.24) is 4.90 Å². The van der Waals surface area contributed by atoms with E-state index in [1.807, 2.05) is 0 Å². The fourth-order valence-corrected chi connectivity index (χ4v) is 3.40. The van der Waals surface area contributed by atoms with Gasteiger partial charge in [-0.25, -0.2) is 0 Å². The average molecular weight is 246 g/mol. The molecule has 2 heteroatoms. The number of benzene rings is 1. The Hall–Kier alpha value is -0.860. The predicted molar refractivity (Wildman–Crippen MR) is 77.5 cm³/mol. The predicted octanol–water partition coefficient (Wildman–Crippen LogP) is 3.34. The molecule has 3 atom stereocenters. The number of rotatable bonds is 4. The minimum atomic E-state index is 0.523. The van der Waals surface area contributed by atoms with Gasteiger partial charge in [0.05, 0.1) is 0 Å². The van der Waals surface area contributed by atoms with Crippen LogP contribution in [0.5, 0.6) is 0 Å². The van der Waals surface area contributed by atoms with E-state index in [1.165, 1.54) is 24.8 Å². The van der Waals surface area contributed by atoms with Crippen LogP contribution in [0.25, 0.3) is 0 Å². The Labute approximate surface area is 111 Å². The minimum absolute atomic E-state index is 0.523. The molecule has 0 bridgehead atoms. The number of nitrogens with two attached hydrogens (primary N) is 1. The summed E-state index contributed by atoms with van der Waals surface area (Å²) in [5, 5.41) is 0. The molecule has 0 amide bonds. The molecule has 0 spiro atoms. The first-order valence-corrected chi connectivity index (χ1v) is 7.30. The molecule has 1 aromatic rings. The zero-order valence-electron chi connectivity index (χ0n) is 11.7. The van der Waals surface area contributed by atoms with E-state index >= 15 is 0 Å². The highest BCUT2D eigenvalue weighted by atomic mass is 15.2. The Morgan fingerprint density at radius 1 is 1.28 bits per heavy atom. The van der Waals surface area contributed by atoms with Crippen LogP contribution in [-0.4, -0.2) is 23.5 Å². The molecule has 1 aliphatic heterocycles. The van der Waals surface area contributed by atoms with Crippen molar-refractivity contribution in [2.45, 2.75) is 57.7 Å². The van der Waals surface area contributed by atoms with Gasteiger partial charge in [-0.1, -0.05) is 43.7 Å². The van der Waals surface area contributed by atoms with Crippen LogP contribution < -0.4 is 5.73 Å². The maximum absolute atomic E-state index is 5.98. The van der Waals surface area contributed by atoms with Crippen LogP contribution in [-0.2, 0) is 0 Å². The summed E-state index contributed by atoms with van der Waals surface area (Å²) in [5.74, 6) is 0. The van der Waals surface area contributed by atoms with Crippen molar-refractivity contribution in [3.8, 4) is 0 Å². The molecule has 1 aromatic carbocycles. The summed E-state index contributed by atoms with van der Waals surface area (Å²) >= 11 is 0. The van der Waals surface area contributed by atoms with Crippen LogP contribution in [0.15, 0.2) is 30.3 Å². The standard InChI is InChI=1S/C16H26N2/c1-3-16(14-9-5-4-6-10-14)18-13(2)8-7-11-15(18)12-17/h4-6,9-10,13,15-16H,3,7-8,11-12,17H2,1-2H3. The molecular weight excluding hydrogens is 220 g/mol. The molecule has 18 heavy (non-hydrogen) atoms. The van der Waals surface area contributed by atoms with Gasteiger partial charge in [0.1, 0.15) is 0 Å². The summed E-state index contributed by atoms with van der Waals surface area (Å²) < 4.78 is 0. The third-order valence-electron chi connectivity index (χ3n) is 4.29. The van der Waals surface area contributed by atoms with Gasteiger partial charge in [0.2, 0.25) is 0 Å². The van der Waals surface area contributed by atoms with Crippen molar-refractivity contribution in [2.75, 3.05) is 6.54 Å². The first-order valence-electron chi connectivity index (χ1n) is 7.30. The summed E-state index contributed by atoms with van der Waals surface area (Å²) in [7, 11) is 0. The molecule has 1 fully saturated rings. The molecule has 0 aromatic heterocycles. The highest BCUT2D eigenvalue weighted by Crippen LogP contribution is 2.33. The Balaban J connectivity index is 2.24. The third kappa shape index (κ3) is 2.76. The maximum Gasteiger partial charge on any atom is 0.0351 e. The van der Waals surface area contributed by atoms with E-state index in [1.54, 1.807) is 0 Å². The Morgan fingerprint density at radius 3 is 2.61 bits per heavy atom. The number of piperidine rings is 1. The van der Waals surface area contributed by atoms with E-state index in [0.29, 0.717) is 18.1 Å². The van der Waals surface area contributed by atoms with Gasteiger partial charge in [-0.15, -0.1) is 0 Å². The molecule has 1 saturated heterocycles. The van der Waals surface area contributed by atoms with Crippen molar-refractivity contribution < 1.29 is 0 Å². The molecule has 0 saturated carbocycles. The lowest BCUT2D eigenvalue weighted by atomic mass is 9.91. The first-order chi connectivity index (χ1) is 8.77. The van der Waals surface area contributed by atoms with Crippen molar-refractivity contribution in [1.29, 1.82) is 0 Å². The van der Waals surface area contributed by atoms with Gasteiger partial charge in [0.15, 0.2) is 0 Å². The third-order valence-corrected chi connectivity index (χ3v) is 4.29. The summed E-state index contributed by atoms with van der Waals surface area (Å²) in [4.78, 5) is 2.67. The van der Waals surface area contributed by atoms with Crippen LogP contribution in [0.1, 0.15) is 51.1 Å². The SMILES string of the molecule is CCC(c1ccccc1)N1C(C)CCCC1CN. The van der Waals surface area contributed by atoms with E-state index < -0.39 is 0 Å². The minimum Gasteiger partial charge on any atom is -0.329 e. The second-order valence-electron chi connectivity index (χ2n) is 5.45. The summed E-state index contributed by atoms with van der Waals surface area (Å²) in [5.41, 5.74) is 7.42. The van der Waals surface area contributed by atoms with E-state index in [4.69, 9.17) is 5.73 Å². The highest BCUT2D eigenvalue weighted by Gasteiger charge is 2.32. The summed E-state index contributed by atoms with van der Waals surface area (Å²) in [6.07, 6.45) is 5.04. The molecule has 3 unspecified atom stereocenters. The number of nitrogens with zero attached hydrogens (tertiary/aromatic N) is 1. The topological polar surface area (TPSA) is 29.3 Å². The van der Waals surface area contributed by atoms with Crippen LogP contribution in [0.4, 0.5) is 0 Å². The lowest BCUT2D eigenvalue weighted by molar-refractivity contribution is 0.0472. The molecule has 1 heterocycles. The van der Waals surface area contributed by atoms with Gasteiger partial charge in [-0.3, -0.25) is 4.90 Å². The van der Waals surface area contributed by atoms with Crippen LogP contribution in [0.3, 0.4) is 0 Å². The number of hydrogen-bond donors (Lipinski definition) is 1. The van der Waals surface area contributed by atoms with Gasteiger partial charge < -0.3 is 5.73 Å². The second kappa shape index (κ2) is 6.35. The molecular formula is C16H26N2. The smallest absolute Gasteiger partial charge is 0.0351 e. The monoisotopic (exact) mass is 246 g/mol. The van der Waals surface area contributed by atoms with Crippen molar-refractivity contribution in [2.24, 2.45) is 5.73 Å². The molecule has 2 rings (SSSR count). The fraction of sp³-hybridized carbons (Fsp3) is 0.625. The van der Waals surface area contributed by atoms with E-state index in [2.05, 4.69) is 49.1 Å². The van der Waals surface area contributed by atoms with Crippen LogP contribution >= 0.6 is 0 Å². The van der Waals surface area contributed by atoms with Crippen LogP contribution in [0.2, 0.25) is 0 Å². The first kappa shape index (κ1) is 13.6. The lowest BCUT2D eigenvalue weighted by Gasteiger charge is -2.45. The largest absolute Gasteiger partial charge is 0.329 e. The molecule has 100 valence electrons. The maximum atomic E-state index is 5.98. The van der Waals surface area contributed by atoms with Crippen molar-refractivity contribution in [3.05, 3.63) is 35.9 Å². The van der Waals surface area contributed by atoms with Gasteiger partial charge in [0, 0.05) is 24.7 Å². The number of likely N-dealkylation sites (tertiary alicyclic amines) is 1. The second-order valence-corrected chi connectivity index (χ2v) is 5.45. The van der Waals surface area contributed by atoms with E-state index in [9.17, 15) is 0 Å². The quantitative estimate of drug-likeness (QED) is 0.883. The zero-order valence-corrected chi connectivity index (χ0v) is 11.7. The van der Waals surface area contributed by atoms with E-state index in [-0.39, 0.29) is 0 Å². The van der Waals surface area contributed by atoms with Crippen molar-refractivity contribution in [3.63, 3.8) is 0 Å². The normalized spacial score (nSPS) is 27.1. The summed E-state index contributed by atoms with van der Waals surface area (Å²) in [6, 6.07) is 12.6.